The van der Waals surface area contributed by atoms with Gasteiger partial charge in [-0.2, -0.15) is 0 Å². The van der Waals surface area contributed by atoms with Crippen LogP contribution in [0.5, 0.6) is 0 Å². The second kappa shape index (κ2) is 5.86. The average molecular weight is 238 g/mol. The molecular weight excluding hydrogens is 216 g/mol. The Labute approximate surface area is 111 Å². The highest BCUT2D eigenvalue weighted by Crippen LogP contribution is 2.24. The lowest BCUT2D eigenvalue weighted by Crippen LogP contribution is -1.90. The lowest BCUT2D eigenvalue weighted by Gasteiger charge is -2.06. The minimum atomic E-state index is 0.632. The first-order valence-electron chi connectivity index (χ1n) is 6.87. The molecule has 0 amide bonds. The molecule has 0 spiro atoms. The summed E-state index contributed by atoms with van der Waals surface area (Å²) in [7, 11) is 0. The summed E-state index contributed by atoms with van der Waals surface area (Å²) < 4.78 is 0. The third kappa shape index (κ3) is 3.01. The number of hydrogen-bond donors (Lipinski definition) is 0. The number of rotatable bonds is 3. The van der Waals surface area contributed by atoms with E-state index in [2.05, 4.69) is 69.3 Å². The number of hydrogen-bond acceptors (Lipinski definition) is 0. The minimum absolute atomic E-state index is 0.632. The predicted octanol–water partition coefficient (Wildman–Crippen LogP) is 5.17. The number of benzene rings is 1. The molecule has 1 aromatic carbocycles. The molecule has 2 rings (SSSR count). The zero-order chi connectivity index (χ0) is 13.0. The lowest BCUT2D eigenvalue weighted by molar-refractivity contribution is 0.748. The fraction of sp³-hybridized carbons (Fsp3) is 0.333. The topological polar surface area (TPSA) is 0 Å². The van der Waals surface area contributed by atoms with E-state index in [9.17, 15) is 0 Å². The average Bonchev–Trinajstić information content (AvgIpc) is 2.64. The maximum absolute atomic E-state index is 2.29. The SMILES string of the molecule is CCc1ccc(C2=CC=C(C(C)C)CC=C2)cc1. The molecule has 0 heterocycles. The first-order valence-corrected chi connectivity index (χ1v) is 6.87. The van der Waals surface area contributed by atoms with E-state index in [1.807, 2.05) is 0 Å². The summed E-state index contributed by atoms with van der Waals surface area (Å²) in [6, 6.07) is 8.90. The highest BCUT2D eigenvalue weighted by atomic mass is 14.1. The summed E-state index contributed by atoms with van der Waals surface area (Å²) in [6.45, 7) is 6.71. The Hall–Kier alpha value is -1.56. The van der Waals surface area contributed by atoms with Crippen LogP contribution < -0.4 is 0 Å². The summed E-state index contributed by atoms with van der Waals surface area (Å²) in [5.74, 6) is 0.632. The Balaban J connectivity index is 2.27. The molecule has 0 heteroatoms. The molecule has 0 saturated carbocycles. The van der Waals surface area contributed by atoms with Crippen LogP contribution in [-0.2, 0) is 6.42 Å². The molecule has 0 fully saturated rings. The van der Waals surface area contributed by atoms with Crippen molar-refractivity contribution in [3.63, 3.8) is 0 Å². The minimum Gasteiger partial charge on any atom is -0.0798 e. The van der Waals surface area contributed by atoms with Gasteiger partial charge in [0.15, 0.2) is 0 Å². The van der Waals surface area contributed by atoms with Gasteiger partial charge in [-0.25, -0.2) is 0 Å². The smallest absolute Gasteiger partial charge is 0.0130 e. The molecule has 0 bridgehead atoms. The van der Waals surface area contributed by atoms with Crippen LogP contribution in [0.1, 0.15) is 38.3 Å². The summed E-state index contributed by atoms with van der Waals surface area (Å²) in [5.41, 5.74) is 5.53. The Bertz CT molecular complexity index is 481. The molecule has 0 radical (unpaired) electrons. The van der Waals surface area contributed by atoms with E-state index in [4.69, 9.17) is 0 Å². The van der Waals surface area contributed by atoms with Gasteiger partial charge in [0.05, 0.1) is 0 Å². The van der Waals surface area contributed by atoms with Crippen molar-refractivity contribution in [1.29, 1.82) is 0 Å². The number of aryl methyl sites for hydroxylation is 1. The van der Waals surface area contributed by atoms with Crippen LogP contribution in [-0.4, -0.2) is 0 Å². The van der Waals surface area contributed by atoms with E-state index in [0.717, 1.165) is 12.8 Å². The van der Waals surface area contributed by atoms with Crippen LogP contribution in [0.25, 0.3) is 5.57 Å². The second-order valence-electron chi connectivity index (χ2n) is 5.18. The van der Waals surface area contributed by atoms with Crippen molar-refractivity contribution in [2.75, 3.05) is 0 Å². The molecule has 0 N–H and O–H groups in total. The van der Waals surface area contributed by atoms with Crippen molar-refractivity contribution in [2.24, 2.45) is 5.92 Å². The quantitative estimate of drug-likeness (QED) is 0.681. The van der Waals surface area contributed by atoms with E-state index in [1.165, 1.54) is 22.3 Å². The van der Waals surface area contributed by atoms with Crippen molar-refractivity contribution in [3.05, 3.63) is 65.3 Å². The van der Waals surface area contributed by atoms with Crippen molar-refractivity contribution >= 4 is 5.57 Å². The summed E-state index contributed by atoms with van der Waals surface area (Å²) in [4.78, 5) is 0. The van der Waals surface area contributed by atoms with Gasteiger partial charge in [0.25, 0.3) is 0 Å². The lowest BCUT2D eigenvalue weighted by atomic mass is 10.0. The van der Waals surface area contributed by atoms with Gasteiger partial charge in [-0.3, -0.25) is 0 Å². The van der Waals surface area contributed by atoms with Gasteiger partial charge in [0, 0.05) is 0 Å². The third-order valence-corrected chi connectivity index (χ3v) is 3.57. The Kier molecular flexibility index (Phi) is 4.19. The first-order chi connectivity index (χ1) is 8.70. The first kappa shape index (κ1) is 12.9. The molecule has 1 aromatic rings. The van der Waals surface area contributed by atoms with Crippen LogP contribution in [0, 0.1) is 5.92 Å². The summed E-state index contributed by atoms with van der Waals surface area (Å²) in [5, 5.41) is 0. The molecule has 0 atom stereocenters. The van der Waals surface area contributed by atoms with Crippen LogP contribution in [0.4, 0.5) is 0 Å². The van der Waals surface area contributed by atoms with Gasteiger partial charge in [-0.05, 0) is 35.5 Å². The Morgan fingerprint density at radius 1 is 1.06 bits per heavy atom. The van der Waals surface area contributed by atoms with E-state index in [1.54, 1.807) is 0 Å². The van der Waals surface area contributed by atoms with Crippen LogP contribution in [0.3, 0.4) is 0 Å². The van der Waals surface area contributed by atoms with E-state index < -0.39 is 0 Å². The Morgan fingerprint density at radius 3 is 2.39 bits per heavy atom. The van der Waals surface area contributed by atoms with Crippen LogP contribution in [0.15, 0.2) is 54.1 Å². The zero-order valence-corrected chi connectivity index (χ0v) is 11.6. The fourth-order valence-corrected chi connectivity index (χ4v) is 2.20. The van der Waals surface area contributed by atoms with Crippen molar-refractivity contribution in [2.45, 2.75) is 33.6 Å². The highest BCUT2D eigenvalue weighted by molar-refractivity contribution is 5.76. The zero-order valence-electron chi connectivity index (χ0n) is 11.6. The summed E-state index contributed by atoms with van der Waals surface area (Å²) >= 11 is 0. The maximum Gasteiger partial charge on any atom is -0.0130 e. The molecule has 18 heavy (non-hydrogen) atoms. The van der Waals surface area contributed by atoms with Gasteiger partial charge in [-0.15, -0.1) is 0 Å². The summed E-state index contributed by atoms with van der Waals surface area (Å²) in [6.07, 6.45) is 11.2. The van der Waals surface area contributed by atoms with Crippen molar-refractivity contribution < 1.29 is 0 Å². The molecule has 0 unspecified atom stereocenters. The fourth-order valence-electron chi connectivity index (χ4n) is 2.20. The maximum atomic E-state index is 2.29. The molecular formula is C18H22. The van der Waals surface area contributed by atoms with Crippen LogP contribution in [0.2, 0.25) is 0 Å². The molecule has 94 valence electrons. The highest BCUT2D eigenvalue weighted by Gasteiger charge is 2.04. The van der Waals surface area contributed by atoms with E-state index in [-0.39, 0.29) is 0 Å². The van der Waals surface area contributed by atoms with Gasteiger partial charge in [0.2, 0.25) is 0 Å². The monoisotopic (exact) mass is 238 g/mol. The molecule has 0 aromatic heterocycles. The van der Waals surface area contributed by atoms with Gasteiger partial charge in [0.1, 0.15) is 0 Å². The normalized spacial score (nSPS) is 15.3. The standard InChI is InChI=1S/C18H22/c1-4-15-8-10-18(11-9-15)17-7-5-6-16(12-13-17)14(2)3/h5,7-14H,4,6H2,1-3H3. The van der Waals surface area contributed by atoms with Crippen LogP contribution >= 0.6 is 0 Å². The van der Waals surface area contributed by atoms with E-state index in [0.29, 0.717) is 5.92 Å². The van der Waals surface area contributed by atoms with Gasteiger partial charge < -0.3 is 0 Å². The largest absolute Gasteiger partial charge is 0.0798 e. The molecule has 0 nitrogen and oxygen atoms in total. The molecule has 1 aliphatic rings. The Morgan fingerprint density at radius 2 is 1.78 bits per heavy atom. The predicted molar refractivity (Wildman–Crippen MR) is 80.5 cm³/mol. The number of allylic oxidation sites excluding steroid dienone is 6. The van der Waals surface area contributed by atoms with Gasteiger partial charge in [-0.1, -0.05) is 74.9 Å². The molecule has 1 aliphatic carbocycles. The second-order valence-corrected chi connectivity index (χ2v) is 5.18. The van der Waals surface area contributed by atoms with Crippen molar-refractivity contribution in [1.82, 2.24) is 0 Å². The van der Waals surface area contributed by atoms with Crippen molar-refractivity contribution in [3.8, 4) is 0 Å². The molecule has 0 aliphatic heterocycles. The third-order valence-electron chi connectivity index (χ3n) is 3.57. The molecule has 0 saturated heterocycles. The van der Waals surface area contributed by atoms with E-state index >= 15 is 0 Å². The van der Waals surface area contributed by atoms with Gasteiger partial charge >= 0.3 is 0 Å².